The van der Waals surface area contributed by atoms with Gasteiger partial charge in [0.1, 0.15) is 12.4 Å². The molecule has 0 atom stereocenters. The number of esters is 1. The Balaban J connectivity index is 1.72. The lowest BCUT2D eigenvalue weighted by Gasteiger charge is -2.08. The average molecular weight is 359 g/mol. The van der Waals surface area contributed by atoms with Crippen molar-refractivity contribution in [2.24, 2.45) is 0 Å². The largest absolute Gasteiger partial charge is 0.489 e. The van der Waals surface area contributed by atoms with Crippen LogP contribution in [0.5, 0.6) is 5.75 Å². The summed E-state index contributed by atoms with van der Waals surface area (Å²) in [5, 5.41) is 2.78. The number of anilines is 1. The normalized spacial score (nSPS) is 10.1. The summed E-state index contributed by atoms with van der Waals surface area (Å²) >= 11 is 1.23. The number of benzene rings is 2. The Morgan fingerprint density at radius 2 is 1.72 bits per heavy atom. The SMILES string of the molecule is CCOC(=O)CSCC(=O)Nc1ccc(OCc2ccccc2)cc1. The molecule has 2 rings (SSSR count). The summed E-state index contributed by atoms with van der Waals surface area (Å²) in [4.78, 5) is 23.0. The van der Waals surface area contributed by atoms with E-state index in [9.17, 15) is 9.59 Å². The van der Waals surface area contributed by atoms with Gasteiger partial charge in [0.15, 0.2) is 0 Å². The molecule has 0 aliphatic carbocycles. The van der Waals surface area contributed by atoms with Crippen LogP contribution in [-0.2, 0) is 20.9 Å². The predicted octanol–water partition coefficient (Wildman–Crippen LogP) is 3.50. The minimum absolute atomic E-state index is 0.160. The zero-order valence-electron chi connectivity index (χ0n) is 14.1. The summed E-state index contributed by atoms with van der Waals surface area (Å²) < 4.78 is 10.5. The fourth-order valence-electron chi connectivity index (χ4n) is 2.00. The van der Waals surface area contributed by atoms with Gasteiger partial charge in [0.05, 0.1) is 18.1 Å². The molecule has 0 aliphatic heterocycles. The Morgan fingerprint density at radius 1 is 1.00 bits per heavy atom. The van der Waals surface area contributed by atoms with Gasteiger partial charge in [0.25, 0.3) is 0 Å². The van der Waals surface area contributed by atoms with Gasteiger partial charge >= 0.3 is 5.97 Å². The number of carbonyl (C=O) groups is 2. The van der Waals surface area contributed by atoms with E-state index in [2.05, 4.69) is 5.32 Å². The van der Waals surface area contributed by atoms with E-state index >= 15 is 0 Å². The third-order valence-corrected chi connectivity index (χ3v) is 4.05. The molecular formula is C19H21NO4S. The third-order valence-electron chi connectivity index (χ3n) is 3.14. The van der Waals surface area contributed by atoms with Crippen molar-refractivity contribution >= 4 is 29.3 Å². The molecule has 0 heterocycles. The lowest BCUT2D eigenvalue weighted by molar-refractivity contribution is -0.139. The molecule has 132 valence electrons. The van der Waals surface area contributed by atoms with E-state index in [1.807, 2.05) is 42.5 Å². The van der Waals surface area contributed by atoms with Crippen LogP contribution in [0.2, 0.25) is 0 Å². The summed E-state index contributed by atoms with van der Waals surface area (Å²) in [7, 11) is 0. The van der Waals surface area contributed by atoms with E-state index in [-0.39, 0.29) is 23.4 Å². The van der Waals surface area contributed by atoms with Crippen molar-refractivity contribution in [2.45, 2.75) is 13.5 Å². The highest BCUT2D eigenvalue weighted by Gasteiger charge is 2.06. The number of hydrogen-bond acceptors (Lipinski definition) is 5. The molecule has 5 nitrogen and oxygen atoms in total. The van der Waals surface area contributed by atoms with Crippen molar-refractivity contribution in [2.75, 3.05) is 23.4 Å². The topological polar surface area (TPSA) is 64.6 Å². The molecule has 0 fully saturated rings. The van der Waals surface area contributed by atoms with Crippen LogP contribution in [0.4, 0.5) is 5.69 Å². The van der Waals surface area contributed by atoms with Crippen molar-refractivity contribution in [1.82, 2.24) is 0 Å². The molecule has 0 aromatic heterocycles. The predicted molar refractivity (Wildman–Crippen MR) is 99.8 cm³/mol. The molecule has 2 aromatic carbocycles. The fourth-order valence-corrected chi connectivity index (χ4v) is 2.61. The molecular weight excluding hydrogens is 338 g/mol. The molecule has 2 aromatic rings. The molecule has 0 saturated heterocycles. The summed E-state index contributed by atoms with van der Waals surface area (Å²) in [5.41, 5.74) is 1.78. The molecule has 0 bridgehead atoms. The number of carbonyl (C=O) groups excluding carboxylic acids is 2. The zero-order chi connectivity index (χ0) is 17.9. The van der Waals surface area contributed by atoms with Crippen molar-refractivity contribution in [3.63, 3.8) is 0 Å². The Kier molecular flexibility index (Phi) is 7.85. The van der Waals surface area contributed by atoms with Gasteiger partial charge in [-0.25, -0.2) is 0 Å². The first-order chi connectivity index (χ1) is 12.2. The molecule has 0 radical (unpaired) electrons. The summed E-state index contributed by atoms with van der Waals surface area (Å²) in [6.45, 7) is 2.60. The van der Waals surface area contributed by atoms with Crippen LogP contribution in [-0.4, -0.2) is 30.0 Å². The molecule has 1 amide bonds. The van der Waals surface area contributed by atoms with Gasteiger partial charge in [-0.05, 0) is 36.8 Å². The molecule has 0 aliphatic rings. The summed E-state index contributed by atoms with van der Waals surface area (Å²) in [6, 6.07) is 17.1. The van der Waals surface area contributed by atoms with Gasteiger partial charge in [-0.2, -0.15) is 0 Å². The highest BCUT2D eigenvalue weighted by molar-refractivity contribution is 8.00. The van der Waals surface area contributed by atoms with Crippen molar-refractivity contribution in [1.29, 1.82) is 0 Å². The molecule has 1 N–H and O–H groups in total. The Morgan fingerprint density at radius 3 is 2.40 bits per heavy atom. The fraction of sp³-hybridized carbons (Fsp3) is 0.263. The molecule has 0 saturated carbocycles. The standard InChI is InChI=1S/C19H21NO4S/c1-2-23-19(22)14-25-13-18(21)20-16-8-10-17(11-9-16)24-12-15-6-4-3-5-7-15/h3-11H,2,12-14H2,1H3,(H,20,21). The van der Waals surface area contributed by atoms with E-state index in [4.69, 9.17) is 9.47 Å². The molecule has 0 spiro atoms. The maximum Gasteiger partial charge on any atom is 0.315 e. The van der Waals surface area contributed by atoms with Gasteiger partial charge in [0.2, 0.25) is 5.91 Å². The van der Waals surface area contributed by atoms with Crippen molar-refractivity contribution in [3.8, 4) is 5.75 Å². The monoisotopic (exact) mass is 359 g/mol. The van der Waals surface area contributed by atoms with E-state index in [1.165, 1.54) is 11.8 Å². The summed E-state index contributed by atoms with van der Waals surface area (Å²) in [5.74, 6) is 0.643. The van der Waals surface area contributed by atoms with E-state index in [0.717, 1.165) is 11.3 Å². The van der Waals surface area contributed by atoms with Crippen molar-refractivity contribution in [3.05, 3.63) is 60.2 Å². The quantitative estimate of drug-likeness (QED) is 0.694. The minimum Gasteiger partial charge on any atom is -0.489 e. The van der Waals surface area contributed by atoms with Crippen LogP contribution in [0.15, 0.2) is 54.6 Å². The minimum atomic E-state index is -0.305. The second kappa shape index (κ2) is 10.4. The highest BCUT2D eigenvalue weighted by atomic mass is 32.2. The van der Waals surface area contributed by atoms with Gasteiger partial charge in [0, 0.05) is 5.69 Å². The molecule has 25 heavy (non-hydrogen) atoms. The first-order valence-corrected chi connectivity index (χ1v) is 9.13. The van der Waals surface area contributed by atoms with Crippen LogP contribution < -0.4 is 10.1 Å². The third kappa shape index (κ3) is 7.30. The Bertz CT molecular complexity index is 674. The number of rotatable bonds is 9. The van der Waals surface area contributed by atoms with Gasteiger partial charge < -0.3 is 14.8 Å². The van der Waals surface area contributed by atoms with E-state index < -0.39 is 0 Å². The number of thioether (sulfide) groups is 1. The van der Waals surface area contributed by atoms with E-state index in [0.29, 0.717) is 18.9 Å². The lowest BCUT2D eigenvalue weighted by Crippen LogP contribution is -2.16. The summed E-state index contributed by atoms with van der Waals surface area (Å²) in [6.07, 6.45) is 0. The van der Waals surface area contributed by atoms with Crippen LogP contribution in [0.1, 0.15) is 12.5 Å². The van der Waals surface area contributed by atoms with E-state index in [1.54, 1.807) is 19.1 Å². The average Bonchev–Trinajstić information content (AvgIpc) is 2.62. The first-order valence-electron chi connectivity index (χ1n) is 7.97. The van der Waals surface area contributed by atoms with Crippen LogP contribution in [0, 0.1) is 0 Å². The highest BCUT2D eigenvalue weighted by Crippen LogP contribution is 2.17. The number of hydrogen-bond donors (Lipinski definition) is 1. The number of nitrogens with one attached hydrogen (secondary N) is 1. The van der Waals surface area contributed by atoms with Gasteiger partial charge in [-0.15, -0.1) is 11.8 Å². The smallest absolute Gasteiger partial charge is 0.315 e. The Labute approximate surface area is 151 Å². The first kappa shape index (κ1) is 18.9. The second-order valence-corrected chi connectivity index (χ2v) is 6.13. The van der Waals surface area contributed by atoms with Crippen LogP contribution >= 0.6 is 11.8 Å². The maximum absolute atomic E-state index is 11.8. The molecule has 6 heteroatoms. The van der Waals surface area contributed by atoms with Crippen molar-refractivity contribution < 1.29 is 19.1 Å². The number of ether oxygens (including phenoxy) is 2. The van der Waals surface area contributed by atoms with Crippen LogP contribution in [0.3, 0.4) is 0 Å². The maximum atomic E-state index is 11.8. The van der Waals surface area contributed by atoms with Crippen LogP contribution in [0.25, 0.3) is 0 Å². The second-order valence-electron chi connectivity index (χ2n) is 5.14. The molecule has 0 unspecified atom stereocenters. The zero-order valence-corrected chi connectivity index (χ0v) is 14.9. The Hall–Kier alpha value is -2.47. The van der Waals surface area contributed by atoms with Gasteiger partial charge in [-0.3, -0.25) is 9.59 Å². The lowest BCUT2D eigenvalue weighted by atomic mass is 10.2. The van der Waals surface area contributed by atoms with Gasteiger partial charge in [-0.1, -0.05) is 30.3 Å². The number of amides is 1.